The summed E-state index contributed by atoms with van der Waals surface area (Å²) in [4.78, 5) is 8.34. The Labute approximate surface area is 98.6 Å². The van der Waals surface area contributed by atoms with Gasteiger partial charge in [0, 0.05) is 30.2 Å². The number of hydrogen-bond donors (Lipinski definition) is 2. The van der Waals surface area contributed by atoms with Crippen molar-refractivity contribution < 1.29 is 0 Å². The SMILES string of the molecule is Cc1csc(CCNc2ccncc2N)n1. The van der Waals surface area contributed by atoms with Gasteiger partial charge >= 0.3 is 0 Å². The second-order valence-corrected chi connectivity index (χ2v) is 4.46. The van der Waals surface area contributed by atoms with Gasteiger partial charge in [0.05, 0.1) is 22.6 Å². The van der Waals surface area contributed by atoms with Crippen molar-refractivity contribution in [1.29, 1.82) is 0 Å². The maximum Gasteiger partial charge on any atom is 0.0945 e. The number of aromatic nitrogens is 2. The molecule has 0 spiro atoms. The molecule has 16 heavy (non-hydrogen) atoms. The van der Waals surface area contributed by atoms with Crippen molar-refractivity contribution >= 4 is 22.7 Å². The van der Waals surface area contributed by atoms with Gasteiger partial charge in [-0.3, -0.25) is 4.98 Å². The Balaban J connectivity index is 1.87. The van der Waals surface area contributed by atoms with E-state index in [1.54, 1.807) is 23.7 Å². The van der Waals surface area contributed by atoms with E-state index in [0.717, 1.165) is 29.4 Å². The highest BCUT2D eigenvalue weighted by Gasteiger charge is 2.00. The third-order valence-corrected chi connectivity index (χ3v) is 3.20. The summed E-state index contributed by atoms with van der Waals surface area (Å²) in [5.74, 6) is 0. The summed E-state index contributed by atoms with van der Waals surface area (Å²) in [6.45, 7) is 2.84. The van der Waals surface area contributed by atoms with Gasteiger partial charge in [-0.15, -0.1) is 11.3 Å². The van der Waals surface area contributed by atoms with E-state index in [9.17, 15) is 0 Å². The normalized spacial score (nSPS) is 10.3. The van der Waals surface area contributed by atoms with Crippen molar-refractivity contribution in [3.8, 4) is 0 Å². The highest BCUT2D eigenvalue weighted by Crippen LogP contribution is 2.15. The minimum Gasteiger partial charge on any atom is -0.396 e. The molecule has 3 N–H and O–H groups in total. The van der Waals surface area contributed by atoms with Crippen molar-refractivity contribution in [1.82, 2.24) is 9.97 Å². The molecule has 0 aliphatic rings. The molecule has 0 unspecified atom stereocenters. The van der Waals surface area contributed by atoms with E-state index < -0.39 is 0 Å². The molecule has 2 aromatic rings. The summed E-state index contributed by atoms with van der Waals surface area (Å²) in [6.07, 6.45) is 4.29. The van der Waals surface area contributed by atoms with Gasteiger partial charge in [-0.05, 0) is 13.0 Å². The highest BCUT2D eigenvalue weighted by molar-refractivity contribution is 7.09. The molecule has 2 heterocycles. The van der Waals surface area contributed by atoms with Crippen LogP contribution in [-0.2, 0) is 6.42 Å². The zero-order chi connectivity index (χ0) is 11.4. The molecule has 0 aliphatic carbocycles. The van der Waals surface area contributed by atoms with Gasteiger partial charge in [-0.25, -0.2) is 4.98 Å². The fourth-order valence-electron chi connectivity index (χ4n) is 1.39. The molecule has 0 saturated carbocycles. The molecule has 4 nitrogen and oxygen atoms in total. The smallest absolute Gasteiger partial charge is 0.0945 e. The van der Waals surface area contributed by atoms with Gasteiger partial charge < -0.3 is 11.1 Å². The number of thiazole rings is 1. The molecular weight excluding hydrogens is 220 g/mol. The number of nitrogens with two attached hydrogens (primary N) is 1. The van der Waals surface area contributed by atoms with Crippen LogP contribution in [0.5, 0.6) is 0 Å². The summed E-state index contributed by atoms with van der Waals surface area (Å²) in [5, 5.41) is 6.49. The number of rotatable bonds is 4. The Morgan fingerprint density at radius 2 is 2.38 bits per heavy atom. The van der Waals surface area contributed by atoms with Crippen LogP contribution in [-0.4, -0.2) is 16.5 Å². The maximum atomic E-state index is 5.77. The summed E-state index contributed by atoms with van der Waals surface area (Å²) < 4.78 is 0. The maximum absolute atomic E-state index is 5.77. The molecule has 0 saturated heterocycles. The molecule has 0 amide bonds. The van der Waals surface area contributed by atoms with E-state index in [0.29, 0.717) is 5.69 Å². The molecule has 0 atom stereocenters. The first-order valence-electron chi connectivity index (χ1n) is 5.10. The number of pyridine rings is 1. The van der Waals surface area contributed by atoms with Gasteiger partial charge in [0.15, 0.2) is 0 Å². The third-order valence-electron chi connectivity index (χ3n) is 2.17. The quantitative estimate of drug-likeness (QED) is 0.850. The number of nitrogen functional groups attached to an aromatic ring is 1. The Bertz CT molecular complexity index is 467. The van der Waals surface area contributed by atoms with Crippen molar-refractivity contribution in [2.45, 2.75) is 13.3 Å². The summed E-state index contributed by atoms with van der Waals surface area (Å²) in [7, 11) is 0. The van der Waals surface area contributed by atoms with E-state index in [2.05, 4.69) is 20.7 Å². The van der Waals surface area contributed by atoms with Crippen LogP contribution in [0.25, 0.3) is 0 Å². The number of nitrogens with zero attached hydrogens (tertiary/aromatic N) is 2. The Hall–Kier alpha value is -1.62. The molecule has 0 bridgehead atoms. The lowest BCUT2D eigenvalue weighted by Gasteiger charge is -2.06. The summed E-state index contributed by atoms with van der Waals surface area (Å²) >= 11 is 1.69. The first-order chi connectivity index (χ1) is 7.75. The van der Waals surface area contributed by atoms with Crippen molar-refractivity contribution in [2.24, 2.45) is 0 Å². The first-order valence-corrected chi connectivity index (χ1v) is 5.98. The lowest BCUT2D eigenvalue weighted by molar-refractivity contribution is 0.986. The predicted molar refractivity (Wildman–Crippen MR) is 67.7 cm³/mol. The number of hydrogen-bond acceptors (Lipinski definition) is 5. The second-order valence-electron chi connectivity index (χ2n) is 3.52. The van der Waals surface area contributed by atoms with E-state index in [4.69, 9.17) is 5.73 Å². The van der Waals surface area contributed by atoms with Crippen LogP contribution in [0.1, 0.15) is 10.7 Å². The topological polar surface area (TPSA) is 63.8 Å². The molecule has 0 radical (unpaired) electrons. The zero-order valence-corrected chi connectivity index (χ0v) is 9.92. The lowest BCUT2D eigenvalue weighted by atomic mass is 10.3. The van der Waals surface area contributed by atoms with Crippen LogP contribution >= 0.6 is 11.3 Å². The largest absolute Gasteiger partial charge is 0.396 e. The molecule has 0 aliphatic heterocycles. The molecule has 2 rings (SSSR count). The fraction of sp³-hybridized carbons (Fsp3) is 0.273. The number of anilines is 2. The zero-order valence-electron chi connectivity index (χ0n) is 9.10. The van der Waals surface area contributed by atoms with Crippen LogP contribution in [0.3, 0.4) is 0 Å². The van der Waals surface area contributed by atoms with Crippen LogP contribution in [0, 0.1) is 6.92 Å². The van der Waals surface area contributed by atoms with E-state index in [1.807, 2.05) is 13.0 Å². The molecule has 5 heteroatoms. The second kappa shape index (κ2) is 4.94. The summed E-state index contributed by atoms with van der Waals surface area (Å²) in [5.41, 5.74) is 8.46. The van der Waals surface area contributed by atoms with Crippen LogP contribution < -0.4 is 11.1 Å². The van der Waals surface area contributed by atoms with Crippen LogP contribution in [0.2, 0.25) is 0 Å². The van der Waals surface area contributed by atoms with Crippen molar-refractivity contribution in [2.75, 3.05) is 17.6 Å². The minimum atomic E-state index is 0.679. The Morgan fingerprint density at radius 1 is 1.50 bits per heavy atom. The molecule has 2 aromatic heterocycles. The fourth-order valence-corrected chi connectivity index (χ4v) is 2.17. The van der Waals surface area contributed by atoms with Gasteiger partial charge in [-0.2, -0.15) is 0 Å². The van der Waals surface area contributed by atoms with E-state index in [1.165, 1.54) is 0 Å². The summed E-state index contributed by atoms with van der Waals surface area (Å²) in [6, 6.07) is 1.88. The van der Waals surface area contributed by atoms with Gasteiger partial charge in [0.1, 0.15) is 0 Å². The van der Waals surface area contributed by atoms with Crippen molar-refractivity contribution in [3.63, 3.8) is 0 Å². The average molecular weight is 234 g/mol. The minimum absolute atomic E-state index is 0.679. The Kier molecular flexibility index (Phi) is 3.36. The number of aryl methyl sites for hydroxylation is 1. The predicted octanol–water partition coefficient (Wildman–Crippen LogP) is 2.08. The van der Waals surface area contributed by atoms with Crippen LogP contribution in [0.4, 0.5) is 11.4 Å². The third kappa shape index (κ3) is 2.70. The van der Waals surface area contributed by atoms with Gasteiger partial charge in [0.2, 0.25) is 0 Å². The standard InChI is InChI=1S/C11H14N4S/c1-8-7-16-11(15-8)3-5-14-10-2-4-13-6-9(10)12/h2,4,6-7H,3,5,12H2,1H3,(H,13,14). The van der Waals surface area contributed by atoms with Gasteiger partial charge in [0.25, 0.3) is 0 Å². The monoisotopic (exact) mass is 234 g/mol. The first kappa shape index (κ1) is 10.9. The average Bonchev–Trinajstić information content (AvgIpc) is 2.67. The van der Waals surface area contributed by atoms with Crippen molar-refractivity contribution in [3.05, 3.63) is 34.5 Å². The molecule has 84 valence electrons. The van der Waals surface area contributed by atoms with Gasteiger partial charge in [-0.1, -0.05) is 0 Å². The Morgan fingerprint density at radius 3 is 3.06 bits per heavy atom. The molecular formula is C11H14N4S. The van der Waals surface area contributed by atoms with Crippen LogP contribution in [0.15, 0.2) is 23.8 Å². The molecule has 0 fully saturated rings. The van der Waals surface area contributed by atoms with E-state index >= 15 is 0 Å². The number of nitrogens with one attached hydrogen (secondary N) is 1. The lowest BCUT2D eigenvalue weighted by Crippen LogP contribution is -2.06. The molecule has 0 aromatic carbocycles. The highest BCUT2D eigenvalue weighted by atomic mass is 32.1. The van der Waals surface area contributed by atoms with E-state index in [-0.39, 0.29) is 0 Å².